The summed E-state index contributed by atoms with van der Waals surface area (Å²) in [6, 6.07) is 6.58. The molecule has 0 radical (unpaired) electrons. The molecule has 1 N–H and O–H groups in total. The fourth-order valence-corrected chi connectivity index (χ4v) is 2.47. The summed E-state index contributed by atoms with van der Waals surface area (Å²) in [4.78, 5) is 0. The third-order valence-electron chi connectivity index (χ3n) is 3.46. The maximum absolute atomic E-state index is 13.1. The minimum absolute atomic E-state index is 0.304. The summed E-state index contributed by atoms with van der Waals surface area (Å²) in [5.74, 6) is 0.813. The van der Waals surface area contributed by atoms with Gasteiger partial charge in [-0.2, -0.15) is 5.10 Å². The van der Waals surface area contributed by atoms with Gasteiger partial charge >= 0.3 is 0 Å². The van der Waals surface area contributed by atoms with Crippen molar-refractivity contribution in [3.05, 3.63) is 42.5 Å². The van der Waals surface area contributed by atoms with Gasteiger partial charge in [0.2, 0.25) is 0 Å². The first-order chi connectivity index (χ1) is 9.79. The monoisotopic (exact) mass is 275 g/mol. The van der Waals surface area contributed by atoms with Gasteiger partial charge in [0.15, 0.2) is 5.75 Å². The van der Waals surface area contributed by atoms with Crippen LogP contribution in [0.2, 0.25) is 0 Å². The molecule has 1 aromatic carbocycles. The van der Waals surface area contributed by atoms with E-state index in [0.29, 0.717) is 17.5 Å². The Morgan fingerprint density at radius 1 is 1.35 bits per heavy atom. The highest BCUT2D eigenvalue weighted by atomic mass is 19.1. The fourth-order valence-electron chi connectivity index (χ4n) is 2.47. The maximum Gasteiger partial charge on any atom is 0.165 e. The Balaban J connectivity index is 1.61. The molecule has 4 nitrogen and oxygen atoms in total. The van der Waals surface area contributed by atoms with Crippen molar-refractivity contribution in [3.8, 4) is 11.5 Å². The Labute approximate surface area is 117 Å². The van der Waals surface area contributed by atoms with E-state index in [9.17, 15) is 4.39 Å². The smallest absolute Gasteiger partial charge is 0.165 e. The third kappa shape index (κ3) is 3.36. The summed E-state index contributed by atoms with van der Waals surface area (Å²) in [5.41, 5.74) is 0. The molecule has 0 spiro atoms. The molecule has 20 heavy (non-hydrogen) atoms. The predicted molar refractivity (Wildman–Crippen MR) is 74.3 cm³/mol. The molecule has 1 unspecified atom stereocenters. The van der Waals surface area contributed by atoms with Crippen molar-refractivity contribution in [2.75, 3.05) is 6.54 Å². The van der Waals surface area contributed by atoms with Crippen molar-refractivity contribution < 1.29 is 9.13 Å². The van der Waals surface area contributed by atoms with Crippen LogP contribution in [-0.4, -0.2) is 22.4 Å². The van der Waals surface area contributed by atoms with Gasteiger partial charge in [0.05, 0.1) is 18.9 Å². The van der Waals surface area contributed by atoms with Gasteiger partial charge < -0.3 is 10.1 Å². The van der Waals surface area contributed by atoms with Crippen LogP contribution in [0.1, 0.15) is 19.3 Å². The van der Waals surface area contributed by atoms with Crippen molar-refractivity contribution >= 4 is 0 Å². The number of benzene rings is 1. The molecular weight excluding hydrogens is 257 g/mol. The molecule has 1 aromatic heterocycles. The molecule has 1 aliphatic rings. The van der Waals surface area contributed by atoms with Gasteiger partial charge in [-0.15, -0.1) is 0 Å². The number of aromatic nitrogens is 2. The van der Waals surface area contributed by atoms with Crippen molar-refractivity contribution in [2.24, 2.45) is 0 Å². The highest BCUT2D eigenvalue weighted by Gasteiger charge is 2.13. The molecule has 0 amide bonds. The van der Waals surface area contributed by atoms with E-state index in [0.717, 1.165) is 13.1 Å². The van der Waals surface area contributed by atoms with Crippen LogP contribution in [0.5, 0.6) is 11.5 Å². The lowest BCUT2D eigenvalue weighted by molar-refractivity contribution is 0.350. The minimum atomic E-state index is -0.304. The number of nitrogens with zero attached hydrogens (tertiary/aromatic N) is 2. The Morgan fingerprint density at radius 3 is 3.10 bits per heavy atom. The van der Waals surface area contributed by atoms with E-state index < -0.39 is 0 Å². The van der Waals surface area contributed by atoms with Gasteiger partial charge in [-0.3, -0.25) is 4.68 Å². The number of nitrogens with one attached hydrogen (secondary N) is 1. The van der Waals surface area contributed by atoms with Crippen LogP contribution in [0.4, 0.5) is 4.39 Å². The second kappa shape index (κ2) is 6.05. The van der Waals surface area contributed by atoms with Crippen LogP contribution in [0.3, 0.4) is 0 Å². The van der Waals surface area contributed by atoms with Crippen molar-refractivity contribution in [3.63, 3.8) is 0 Å². The van der Waals surface area contributed by atoms with Gasteiger partial charge in [0.1, 0.15) is 11.6 Å². The molecule has 106 valence electrons. The summed E-state index contributed by atoms with van der Waals surface area (Å²) in [6.07, 6.45) is 7.21. The number of hydrogen-bond acceptors (Lipinski definition) is 3. The summed E-state index contributed by atoms with van der Waals surface area (Å²) >= 11 is 0. The molecule has 0 aliphatic carbocycles. The first kappa shape index (κ1) is 13.1. The average Bonchev–Trinajstić information content (AvgIpc) is 2.87. The van der Waals surface area contributed by atoms with Crippen LogP contribution in [0, 0.1) is 5.82 Å². The lowest BCUT2D eigenvalue weighted by Crippen LogP contribution is -2.37. The quantitative estimate of drug-likeness (QED) is 0.932. The molecule has 2 heterocycles. The van der Waals surface area contributed by atoms with E-state index in [1.807, 2.05) is 10.9 Å². The zero-order valence-electron chi connectivity index (χ0n) is 11.3. The summed E-state index contributed by atoms with van der Waals surface area (Å²) < 4.78 is 20.5. The highest BCUT2D eigenvalue weighted by molar-refractivity contribution is 5.28. The van der Waals surface area contributed by atoms with Gasteiger partial charge in [0.25, 0.3) is 0 Å². The first-order valence-electron chi connectivity index (χ1n) is 6.99. The second-order valence-corrected chi connectivity index (χ2v) is 5.10. The Hall–Kier alpha value is -1.88. The van der Waals surface area contributed by atoms with Gasteiger partial charge in [0, 0.05) is 12.1 Å². The molecule has 0 bridgehead atoms. The topological polar surface area (TPSA) is 39.1 Å². The lowest BCUT2D eigenvalue weighted by atomic mass is 10.1. The molecule has 0 saturated carbocycles. The molecule has 5 heteroatoms. The maximum atomic E-state index is 13.1. The average molecular weight is 275 g/mol. The van der Waals surface area contributed by atoms with E-state index in [-0.39, 0.29) is 5.82 Å². The van der Waals surface area contributed by atoms with Crippen molar-refractivity contribution in [1.82, 2.24) is 15.1 Å². The molecule has 2 aromatic rings. The number of halogens is 1. The van der Waals surface area contributed by atoms with Gasteiger partial charge in [-0.25, -0.2) is 4.39 Å². The lowest BCUT2D eigenvalue weighted by Gasteiger charge is -2.23. The predicted octanol–water partition coefficient (Wildman–Crippen LogP) is 2.96. The summed E-state index contributed by atoms with van der Waals surface area (Å²) in [5, 5.41) is 7.77. The Morgan fingerprint density at radius 2 is 2.30 bits per heavy atom. The molecule has 1 atom stereocenters. The standard InChI is InChI=1S/C15H18FN3O/c16-12-4-3-6-14(8-12)20-15-9-18-19(11-15)10-13-5-1-2-7-17-13/h3-4,6,8-9,11,13,17H,1-2,5,7,10H2. The molecule has 1 fully saturated rings. The third-order valence-corrected chi connectivity index (χ3v) is 3.46. The van der Waals surface area contributed by atoms with Crippen LogP contribution < -0.4 is 10.1 Å². The zero-order chi connectivity index (χ0) is 13.8. The van der Waals surface area contributed by atoms with E-state index in [1.165, 1.54) is 31.4 Å². The second-order valence-electron chi connectivity index (χ2n) is 5.10. The van der Waals surface area contributed by atoms with Crippen LogP contribution in [0.25, 0.3) is 0 Å². The number of hydrogen-bond donors (Lipinski definition) is 1. The molecule has 3 rings (SSSR count). The van der Waals surface area contributed by atoms with Gasteiger partial charge in [-0.1, -0.05) is 12.5 Å². The van der Waals surface area contributed by atoms with E-state index >= 15 is 0 Å². The zero-order valence-corrected chi connectivity index (χ0v) is 11.3. The van der Waals surface area contributed by atoms with E-state index in [4.69, 9.17) is 4.74 Å². The fraction of sp³-hybridized carbons (Fsp3) is 0.400. The summed E-state index contributed by atoms with van der Waals surface area (Å²) in [6.45, 7) is 1.92. The highest BCUT2D eigenvalue weighted by Crippen LogP contribution is 2.21. The van der Waals surface area contributed by atoms with Crippen molar-refractivity contribution in [1.29, 1.82) is 0 Å². The van der Waals surface area contributed by atoms with Crippen LogP contribution in [-0.2, 0) is 6.54 Å². The molecule has 1 aliphatic heterocycles. The Bertz CT molecular complexity index is 564. The SMILES string of the molecule is Fc1cccc(Oc2cnn(CC3CCCCN3)c2)c1. The summed E-state index contributed by atoms with van der Waals surface area (Å²) in [7, 11) is 0. The van der Waals surface area contributed by atoms with E-state index in [1.54, 1.807) is 18.3 Å². The molecule has 1 saturated heterocycles. The molecular formula is C15H18FN3O. The largest absolute Gasteiger partial charge is 0.454 e. The van der Waals surface area contributed by atoms with Gasteiger partial charge in [-0.05, 0) is 31.5 Å². The normalized spacial score (nSPS) is 18.9. The number of ether oxygens (including phenoxy) is 1. The number of rotatable bonds is 4. The first-order valence-corrected chi connectivity index (χ1v) is 6.99. The van der Waals surface area contributed by atoms with Crippen LogP contribution in [0.15, 0.2) is 36.7 Å². The van der Waals surface area contributed by atoms with Crippen molar-refractivity contribution in [2.45, 2.75) is 31.8 Å². The van der Waals surface area contributed by atoms with E-state index in [2.05, 4.69) is 10.4 Å². The Kier molecular flexibility index (Phi) is 3.97. The minimum Gasteiger partial charge on any atom is -0.454 e. The van der Waals surface area contributed by atoms with Crippen LogP contribution >= 0.6 is 0 Å². The number of piperidine rings is 1.